The lowest BCUT2D eigenvalue weighted by Crippen LogP contribution is -2.27. The zero-order valence-corrected chi connectivity index (χ0v) is 20.2. The van der Waals surface area contributed by atoms with Crippen LogP contribution in [-0.2, 0) is 20.2 Å². The van der Waals surface area contributed by atoms with Gasteiger partial charge in [0.2, 0.25) is 22.7 Å². The number of benzene rings is 3. The fourth-order valence-corrected chi connectivity index (χ4v) is 5.25. The number of hydrogen-bond acceptors (Lipinski definition) is 5. The molecule has 0 unspecified atom stereocenters. The van der Waals surface area contributed by atoms with Crippen molar-refractivity contribution in [1.29, 1.82) is 0 Å². The Hall–Kier alpha value is -3.07. The molecule has 1 fully saturated rings. The molecule has 3 aromatic carbocycles. The van der Waals surface area contributed by atoms with Gasteiger partial charge in [-0.25, -0.2) is 12.7 Å². The maximum absolute atomic E-state index is 13.3. The zero-order chi connectivity index (χ0) is 24.1. The van der Waals surface area contributed by atoms with Crippen molar-refractivity contribution in [1.82, 2.24) is 4.31 Å². The van der Waals surface area contributed by atoms with Crippen LogP contribution in [-0.4, -0.2) is 39.5 Å². The van der Waals surface area contributed by atoms with E-state index in [2.05, 4.69) is 5.32 Å². The van der Waals surface area contributed by atoms with Gasteiger partial charge in [0.15, 0.2) is 11.5 Å². The van der Waals surface area contributed by atoms with Crippen LogP contribution >= 0.6 is 11.6 Å². The summed E-state index contributed by atoms with van der Waals surface area (Å²) in [6.07, 6.45) is 1.48. The number of hydrogen-bond donors (Lipinski definition) is 1. The number of nitrogens with one attached hydrogen (secondary N) is 1. The number of carbonyl (C=O) groups is 1. The molecule has 0 spiro atoms. The van der Waals surface area contributed by atoms with Gasteiger partial charge in [-0.3, -0.25) is 4.79 Å². The van der Waals surface area contributed by atoms with E-state index in [9.17, 15) is 13.2 Å². The van der Waals surface area contributed by atoms with Gasteiger partial charge in [0, 0.05) is 30.4 Å². The summed E-state index contributed by atoms with van der Waals surface area (Å²) in [7, 11) is -0.624. The van der Waals surface area contributed by atoms with Gasteiger partial charge in [-0.1, -0.05) is 29.8 Å². The minimum absolute atomic E-state index is 0.108. The summed E-state index contributed by atoms with van der Waals surface area (Å²) >= 11 is 6.45. The van der Waals surface area contributed by atoms with E-state index in [-0.39, 0.29) is 17.6 Å². The first-order valence-corrected chi connectivity index (χ1v) is 12.6. The summed E-state index contributed by atoms with van der Waals surface area (Å²) < 4.78 is 37.1. The number of halogens is 1. The smallest absolute Gasteiger partial charge is 0.242 e. The first kappa shape index (κ1) is 22.7. The fraction of sp³-hybridized carbons (Fsp3) is 0.240. The molecule has 0 aromatic heterocycles. The van der Waals surface area contributed by atoms with Crippen LogP contribution in [0, 0.1) is 0 Å². The summed E-state index contributed by atoms with van der Waals surface area (Å²) in [5.74, 6) is 1.22. The molecule has 1 heterocycles. The Balaban J connectivity index is 1.42. The maximum atomic E-state index is 13.3. The number of ether oxygens (including phenoxy) is 2. The van der Waals surface area contributed by atoms with Crippen molar-refractivity contribution in [3.63, 3.8) is 0 Å². The molecule has 0 saturated heterocycles. The van der Waals surface area contributed by atoms with Gasteiger partial charge in [-0.05, 0) is 66.4 Å². The number of sulfonamides is 1. The summed E-state index contributed by atoms with van der Waals surface area (Å²) in [5.41, 5.74) is 2.13. The molecule has 3 aromatic rings. The van der Waals surface area contributed by atoms with Crippen LogP contribution in [0.2, 0.25) is 5.02 Å². The van der Waals surface area contributed by atoms with E-state index in [0.29, 0.717) is 33.3 Å². The van der Waals surface area contributed by atoms with Gasteiger partial charge in [0.1, 0.15) is 0 Å². The highest BCUT2D eigenvalue weighted by Crippen LogP contribution is 2.51. The van der Waals surface area contributed by atoms with Crippen LogP contribution in [0.3, 0.4) is 0 Å². The largest absolute Gasteiger partial charge is 0.454 e. The number of carbonyl (C=O) groups excluding carboxylic acids is 1. The second-order valence-electron chi connectivity index (χ2n) is 8.61. The lowest BCUT2D eigenvalue weighted by molar-refractivity contribution is -0.118. The van der Waals surface area contributed by atoms with E-state index < -0.39 is 15.4 Å². The van der Waals surface area contributed by atoms with Crippen LogP contribution in [0.1, 0.15) is 18.4 Å². The van der Waals surface area contributed by atoms with Crippen molar-refractivity contribution >= 4 is 33.2 Å². The molecule has 1 N–H and O–H groups in total. The average molecular weight is 499 g/mol. The van der Waals surface area contributed by atoms with Gasteiger partial charge in [0.05, 0.1) is 10.3 Å². The predicted octanol–water partition coefficient (Wildman–Crippen LogP) is 4.66. The van der Waals surface area contributed by atoms with Crippen molar-refractivity contribution in [3.8, 4) is 22.6 Å². The van der Waals surface area contributed by atoms with Gasteiger partial charge < -0.3 is 14.8 Å². The minimum atomic E-state index is -3.59. The van der Waals surface area contributed by atoms with Crippen LogP contribution in [0.15, 0.2) is 65.6 Å². The third kappa shape index (κ3) is 3.91. The standard InChI is InChI=1S/C25H23ClN2O5S/c1-28(2)34(30,31)19-5-3-4-16(12-19)20-14-18(7-8-21(20)26)27-24(29)25(10-11-25)17-6-9-22-23(13-17)33-15-32-22/h3-9,12-14H,10-11,15H2,1-2H3,(H,27,29). The first-order valence-electron chi connectivity index (χ1n) is 10.7. The van der Waals surface area contributed by atoms with Crippen molar-refractivity contribution in [2.45, 2.75) is 23.2 Å². The molecule has 1 saturated carbocycles. The van der Waals surface area contributed by atoms with Crippen molar-refractivity contribution < 1.29 is 22.7 Å². The normalized spacial score (nSPS) is 15.9. The molecule has 176 valence electrons. The van der Waals surface area contributed by atoms with Crippen LogP contribution < -0.4 is 14.8 Å². The number of nitrogens with zero attached hydrogens (tertiary/aromatic N) is 1. The Morgan fingerprint density at radius 1 is 1.00 bits per heavy atom. The Bertz CT molecular complexity index is 1400. The Kier molecular flexibility index (Phi) is 5.55. The quantitative estimate of drug-likeness (QED) is 0.534. The monoisotopic (exact) mass is 498 g/mol. The number of anilines is 1. The molecule has 34 heavy (non-hydrogen) atoms. The second kappa shape index (κ2) is 8.30. The van der Waals surface area contributed by atoms with Crippen molar-refractivity contribution in [2.75, 3.05) is 26.2 Å². The van der Waals surface area contributed by atoms with E-state index in [1.54, 1.807) is 42.5 Å². The summed E-state index contributed by atoms with van der Waals surface area (Å²) in [4.78, 5) is 13.5. The lowest BCUT2D eigenvalue weighted by atomic mass is 9.94. The molecule has 0 bridgehead atoms. The fourth-order valence-electron chi connectivity index (χ4n) is 4.08. The zero-order valence-electron chi connectivity index (χ0n) is 18.7. The lowest BCUT2D eigenvalue weighted by Gasteiger charge is -2.17. The average Bonchev–Trinajstić information content (AvgIpc) is 3.51. The summed E-state index contributed by atoms with van der Waals surface area (Å²) in [6, 6.07) is 17.4. The van der Waals surface area contributed by atoms with E-state index in [1.165, 1.54) is 14.1 Å². The van der Waals surface area contributed by atoms with Crippen LogP contribution in [0.25, 0.3) is 11.1 Å². The number of fused-ring (bicyclic) bond motifs is 1. The van der Waals surface area contributed by atoms with E-state index in [1.807, 2.05) is 18.2 Å². The Morgan fingerprint density at radius 3 is 2.50 bits per heavy atom. The highest BCUT2D eigenvalue weighted by atomic mass is 35.5. The predicted molar refractivity (Wildman–Crippen MR) is 130 cm³/mol. The molecule has 7 nitrogen and oxygen atoms in total. The SMILES string of the molecule is CN(C)S(=O)(=O)c1cccc(-c2cc(NC(=O)C3(c4ccc5c(c4)OCO5)CC3)ccc2Cl)c1. The van der Waals surface area contributed by atoms with Gasteiger partial charge >= 0.3 is 0 Å². The molecule has 5 rings (SSSR count). The van der Waals surface area contributed by atoms with E-state index >= 15 is 0 Å². The Labute approximate surface area is 203 Å². The third-order valence-electron chi connectivity index (χ3n) is 6.26. The van der Waals surface area contributed by atoms with Crippen molar-refractivity contribution in [2.24, 2.45) is 0 Å². The molecule has 2 aliphatic rings. The van der Waals surface area contributed by atoms with E-state index in [0.717, 1.165) is 22.7 Å². The number of amides is 1. The van der Waals surface area contributed by atoms with Gasteiger partial charge in [-0.15, -0.1) is 0 Å². The Morgan fingerprint density at radius 2 is 1.76 bits per heavy atom. The summed E-state index contributed by atoms with van der Waals surface area (Å²) in [5, 5.41) is 3.47. The van der Waals surface area contributed by atoms with Crippen LogP contribution in [0.4, 0.5) is 5.69 Å². The minimum Gasteiger partial charge on any atom is -0.454 e. The third-order valence-corrected chi connectivity index (χ3v) is 8.40. The highest BCUT2D eigenvalue weighted by Gasteiger charge is 2.51. The maximum Gasteiger partial charge on any atom is 0.242 e. The molecular weight excluding hydrogens is 476 g/mol. The molecule has 1 amide bonds. The van der Waals surface area contributed by atoms with E-state index in [4.69, 9.17) is 21.1 Å². The van der Waals surface area contributed by atoms with Gasteiger partial charge in [0.25, 0.3) is 0 Å². The highest BCUT2D eigenvalue weighted by molar-refractivity contribution is 7.89. The topological polar surface area (TPSA) is 84.9 Å². The van der Waals surface area contributed by atoms with Crippen LogP contribution in [0.5, 0.6) is 11.5 Å². The summed E-state index contributed by atoms with van der Waals surface area (Å²) in [6.45, 7) is 0.183. The molecular formula is C25H23ClN2O5S. The first-order chi connectivity index (χ1) is 16.2. The molecule has 9 heteroatoms. The second-order valence-corrected chi connectivity index (χ2v) is 11.2. The molecule has 1 aliphatic carbocycles. The molecule has 0 atom stereocenters. The van der Waals surface area contributed by atoms with Gasteiger partial charge in [-0.2, -0.15) is 0 Å². The molecule has 0 radical (unpaired) electrons. The van der Waals surface area contributed by atoms with Crippen molar-refractivity contribution in [3.05, 3.63) is 71.2 Å². The molecule has 1 aliphatic heterocycles. The number of rotatable bonds is 6.